The van der Waals surface area contributed by atoms with E-state index >= 15 is 0 Å². The number of amidine groups is 1. The zero-order valence-corrected chi connectivity index (χ0v) is 10.1. The number of alkyl halides is 1. The molecular weight excluding hydrogens is 219 g/mol. The molecule has 0 fully saturated rings. The molecule has 94 valence electrons. The van der Waals surface area contributed by atoms with E-state index < -0.39 is 6.67 Å². The van der Waals surface area contributed by atoms with E-state index in [4.69, 9.17) is 10.1 Å². The Bertz CT molecular complexity index is 338. The van der Waals surface area contributed by atoms with Gasteiger partial charge in [0.2, 0.25) is 0 Å². The molecule has 1 rings (SSSR count). The zero-order chi connectivity index (χ0) is 12.5. The van der Waals surface area contributed by atoms with Crippen molar-refractivity contribution in [1.29, 1.82) is 5.41 Å². The number of nitrogens with one attached hydrogen (secondary N) is 2. The van der Waals surface area contributed by atoms with E-state index in [0.717, 1.165) is 19.4 Å². The number of halogens is 1. The van der Waals surface area contributed by atoms with Crippen LogP contribution in [0.25, 0.3) is 0 Å². The lowest BCUT2D eigenvalue weighted by molar-refractivity contribution is 0.273. The Labute approximate surface area is 102 Å². The van der Waals surface area contributed by atoms with Crippen molar-refractivity contribution in [3.05, 3.63) is 29.8 Å². The van der Waals surface area contributed by atoms with Gasteiger partial charge in [-0.05, 0) is 37.5 Å². The Hall–Kier alpha value is -1.58. The van der Waals surface area contributed by atoms with E-state index in [1.54, 1.807) is 6.92 Å². The highest BCUT2D eigenvalue weighted by Crippen LogP contribution is 2.13. The minimum absolute atomic E-state index is 0.113. The van der Waals surface area contributed by atoms with Crippen LogP contribution < -0.4 is 10.1 Å². The molecule has 0 aliphatic rings. The van der Waals surface area contributed by atoms with Gasteiger partial charge in [-0.2, -0.15) is 0 Å². The molecule has 1 aromatic rings. The van der Waals surface area contributed by atoms with Crippen LogP contribution in [0.5, 0.6) is 5.75 Å². The number of rotatable bonds is 7. The highest BCUT2D eigenvalue weighted by atomic mass is 19.1. The molecule has 0 spiro atoms. The molecule has 0 heterocycles. The second-order valence-corrected chi connectivity index (χ2v) is 3.84. The van der Waals surface area contributed by atoms with Crippen LogP contribution in [0.3, 0.4) is 0 Å². The lowest BCUT2D eigenvalue weighted by atomic mass is 10.1. The Morgan fingerprint density at radius 2 is 2.06 bits per heavy atom. The van der Waals surface area contributed by atoms with Gasteiger partial charge in [0, 0.05) is 6.54 Å². The molecule has 0 bridgehead atoms. The average Bonchev–Trinajstić information content (AvgIpc) is 2.33. The fourth-order valence-electron chi connectivity index (χ4n) is 1.48. The van der Waals surface area contributed by atoms with Crippen LogP contribution in [0.15, 0.2) is 24.3 Å². The molecule has 3 nitrogen and oxygen atoms in total. The third-order valence-corrected chi connectivity index (χ3v) is 2.30. The van der Waals surface area contributed by atoms with E-state index in [0.29, 0.717) is 11.6 Å². The van der Waals surface area contributed by atoms with Gasteiger partial charge in [-0.3, -0.25) is 5.41 Å². The summed E-state index contributed by atoms with van der Waals surface area (Å²) in [6.45, 7) is 2.20. The van der Waals surface area contributed by atoms with Gasteiger partial charge in [0.05, 0.1) is 5.84 Å². The highest BCUT2D eigenvalue weighted by Gasteiger charge is 1.96. The van der Waals surface area contributed by atoms with Gasteiger partial charge in [-0.1, -0.05) is 12.1 Å². The van der Waals surface area contributed by atoms with Crippen molar-refractivity contribution in [1.82, 2.24) is 5.32 Å². The summed E-state index contributed by atoms with van der Waals surface area (Å²) >= 11 is 0. The van der Waals surface area contributed by atoms with Gasteiger partial charge in [0.25, 0.3) is 0 Å². The lowest BCUT2D eigenvalue weighted by Crippen LogP contribution is -2.20. The fraction of sp³-hybridized carbons (Fsp3) is 0.462. The average molecular weight is 238 g/mol. The number of aryl methyl sites for hydroxylation is 1. The predicted octanol–water partition coefficient (Wildman–Crippen LogP) is 2.55. The monoisotopic (exact) mass is 238 g/mol. The third kappa shape index (κ3) is 5.90. The molecule has 0 aliphatic carbocycles. The van der Waals surface area contributed by atoms with Crippen LogP contribution in [-0.2, 0) is 6.42 Å². The van der Waals surface area contributed by atoms with Crippen molar-refractivity contribution in [3.63, 3.8) is 0 Å². The molecule has 0 radical (unpaired) electrons. The van der Waals surface area contributed by atoms with Crippen LogP contribution >= 0.6 is 0 Å². The van der Waals surface area contributed by atoms with Crippen LogP contribution in [0.2, 0.25) is 0 Å². The largest absolute Gasteiger partial charge is 0.491 e. The smallest absolute Gasteiger partial charge is 0.123 e. The summed E-state index contributed by atoms with van der Waals surface area (Å²) in [7, 11) is 0. The Balaban J connectivity index is 2.27. The first-order valence-corrected chi connectivity index (χ1v) is 5.79. The van der Waals surface area contributed by atoms with Crippen molar-refractivity contribution in [2.24, 2.45) is 0 Å². The molecule has 4 heteroatoms. The van der Waals surface area contributed by atoms with Crippen LogP contribution in [0.4, 0.5) is 4.39 Å². The van der Waals surface area contributed by atoms with Crippen molar-refractivity contribution >= 4 is 5.84 Å². The zero-order valence-electron chi connectivity index (χ0n) is 10.1. The van der Waals surface area contributed by atoms with Gasteiger partial charge in [0.1, 0.15) is 19.0 Å². The van der Waals surface area contributed by atoms with Crippen molar-refractivity contribution < 1.29 is 9.13 Å². The quantitative estimate of drug-likeness (QED) is 0.435. The molecule has 17 heavy (non-hydrogen) atoms. The lowest BCUT2D eigenvalue weighted by Gasteiger charge is -2.06. The molecule has 0 atom stereocenters. The summed E-state index contributed by atoms with van der Waals surface area (Å²) in [6.07, 6.45) is 1.95. The summed E-state index contributed by atoms with van der Waals surface area (Å²) in [5.41, 5.74) is 1.22. The fourth-order valence-corrected chi connectivity index (χ4v) is 1.48. The minimum Gasteiger partial charge on any atom is -0.491 e. The van der Waals surface area contributed by atoms with Gasteiger partial charge >= 0.3 is 0 Å². The normalized spacial score (nSPS) is 10.0. The highest BCUT2D eigenvalue weighted by molar-refractivity contribution is 5.75. The molecule has 0 amide bonds. The van der Waals surface area contributed by atoms with E-state index in [1.807, 2.05) is 24.3 Å². The van der Waals surface area contributed by atoms with Gasteiger partial charge in [-0.25, -0.2) is 4.39 Å². The molecule has 0 saturated heterocycles. The first-order valence-electron chi connectivity index (χ1n) is 5.79. The first kappa shape index (κ1) is 13.5. The summed E-state index contributed by atoms with van der Waals surface area (Å²) < 4.78 is 17.0. The summed E-state index contributed by atoms with van der Waals surface area (Å²) in [5.74, 6) is 1.21. The molecule has 0 aliphatic heterocycles. The van der Waals surface area contributed by atoms with Gasteiger partial charge < -0.3 is 10.1 Å². The maximum atomic E-state index is 11.9. The van der Waals surface area contributed by atoms with Crippen LogP contribution in [0, 0.1) is 5.41 Å². The Morgan fingerprint density at radius 3 is 2.65 bits per heavy atom. The molecule has 2 N–H and O–H groups in total. The van der Waals surface area contributed by atoms with E-state index in [2.05, 4.69) is 5.32 Å². The van der Waals surface area contributed by atoms with Crippen LogP contribution in [-0.4, -0.2) is 25.7 Å². The van der Waals surface area contributed by atoms with Gasteiger partial charge in [-0.15, -0.1) is 0 Å². The van der Waals surface area contributed by atoms with Gasteiger partial charge in [0.15, 0.2) is 0 Å². The minimum atomic E-state index is -0.462. The van der Waals surface area contributed by atoms with E-state index in [9.17, 15) is 4.39 Å². The van der Waals surface area contributed by atoms with E-state index in [-0.39, 0.29) is 6.61 Å². The summed E-state index contributed by atoms with van der Waals surface area (Å²) in [5, 5.41) is 10.2. The maximum Gasteiger partial charge on any atom is 0.123 e. The Kier molecular flexibility index (Phi) is 6.07. The van der Waals surface area contributed by atoms with Crippen molar-refractivity contribution in [2.75, 3.05) is 19.8 Å². The molecule has 0 unspecified atom stereocenters. The molecule has 0 saturated carbocycles. The predicted molar refractivity (Wildman–Crippen MR) is 67.6 cm³/mol. The molecular formula is C13H19FN2O. The van der Waals surface area contributed by atoms with Crippen LogP contribution in [0.1, 0.15) is 18.9 Å². The van der Waals surface area contributed by atoms with Crippen molar-refractivity contribution in [2.45, 2.75) is 19.8 Å². The summed E-state index contributed by atoms with van der Waals surface area (Å²) in [4.78, 5) is 0. The van der Waals surface area contributed by atoms with Crippen molar-refractivity contribution in [3.8, 4) is 5.75 Å². The number of hydrogen-bond donors (Lipinski definition) is 2. The first-order chi connectivity index (χ1) is 8.22. The maximum absolute atomic E-state index is 11.9. The standard InChI is InChI=1S/C13H19FN2O/c1-11(15)16-9-2-3-12-4-6-13(7-5-12)17-10-8-14/h4-7H,2-3,8-10H2,1H3,(H2,15,16). The number of benzene rings is 1. The van der Waals surface area contributed by atoms with E-state index in [1.165, 1.54) is 5.56 Å². The summed E-state index contributed by atoms with van der Waals surface area (Å²) in [6, 6.07) is 7.70. The SMILES string of the molecule is CC(=N)NCCCc1ccc(OCCF)cc1. The number of ether oxygens (including phenoxy) is 1. The third-order valence-electron chi connectivity index (χ3n) is 2.30. The second kappa shape index (κ2) is 7.65. The number of hydrogen-bond acceptors (Lipinski definition) is 2. The topological polar surface area (TPSA) is 45.1 Å². The molecule has 1 aromatic carbocycles. The molecule has 0 aromatic heterocycles. The Morgan fingerprint density at radius 1 is 1.35 bits per heavy atom. The second-order valence-electron chi connectivity index (χ2n) is 3.84.